The quantitative estimate of drug-likeness (QED) is 0.733. The molecule has 27 heavy (non-hydrogen) atoms. The summed E-state index contributed by atoms with van der Waals surface area (Å²) < 4.78 is 5.75. The van der Waals surface area contributed by atoms with Crippen LogP contribution in [0, 0.1) is 5.92 Å². The fourth-order valence-electron chi connectivity index (χ4n) is 3.72. The standard InChI is InChI=1S/C23H30N2O2/c1-3-23(26)27-22(19-10-6-4-7-11-19)17-25-15-14-21(18(2)16-25)24-20-12-8-5-9-13-20/h4-13,18,21-22,24H,3,14-17H2,1-2H3. The van der Waals surface area contributed by atoms with Gasteiger partial charge in [0.25, 0.3) is 0 Å². The number of carbonyl (C=O) groups excluding carboxylic acids is 1. The van der Waals surface area contributed by atoms with Crippen LogP contribution in [0.1, 0.15) is 38.4 Å². The SMILES string of the molecule is CCC(=O)OC(CN1CCC(Nc2ccccc2)C(C)C1)c1ccccc1. The zero-order valence-electron chi connectivity index (χ0n) is 16.3. The molecule has 1 aliphatic heterocycles. The second kappa shape index (κ2) is 9.56. The molecule has 4 heteroatoms. The molecule has 3 atom stereocenters. The number of esters is 1. The number of rotatable bonds is 7. The average molecular weight is 367 g/mol. The van der Waals surface area contributed by atoms with Crippen molar-refractivity contribution in [1.29, 1.82) is 0 Å². The van der Waals surface area contributed by atoms with Crippen molar-refractivity contribution in [2.45, 2.75) is 38.8 Å². The summed E-state index contributed by atoms with van der Waals surface area (Å²) in [5, 5.41) is 3.67. The van der Waals surface area contributed by atoms with Crippen LogP contribution < -0.4 is 5.32 Å². The van der Waals surface area contributed by atoms with Crippen molar-refractivity contribution in [3.8, 4) is 0 Å². The molecule has 0 saturated carbocycles. The van der Waals surface area contributed by atoms with Crippen molar-refractivity contribution >= 4 is 11.7 Å². The highest BCUT2D eigenvalue weighted by atomic mass is 16.5. The average Bonchev–Trinajstić information content (AvgIpc) is 2.71. The minimum atomic E-state index is -0.204. The number of hydrogen-bond donors (Lipinski definition) is 1. The Morgan fingerprint density at radius 2 is 1.81 bits per heavy atom. The Bertz CT molecular complexity index is 705. The highest BCUT2D eigenvalue weighted by Gasteiger charge is 2.28. The minimum Gasteiger partial charge on any atom is -0.456 e. The first-order valence-corrected chi connectivity index (χ1v) is 9.94. The molecule has 0 aromatic heterocycles. The predicted molar refractivity (Wildman–Crippen MR) is 110 cm³/mol. The van der Waals surface area contributed by atoms with E-state index in [1.807, 2.05) is 43.3 Å². The van der Waals surface area contributed by atoms with Gasteiger partial charge >= 0.3 is 5.97 Å². The molecule has 0 bridgehead atoms. The van der Waals surface area contributed by atoms with Crippen LogP contribution in [-0.2, 0) is 9.53 Å². The summed E-state index contributed by atoms with van der Waals surface area (Å²) >= 11 is 0. The number of hydrogen-bond acceptors (Lipinski definition) is 4. The second-order valence-corrected chi connectivity index (χ2v) is 7.39. The smallest absolute Gasteiger partial charge is 0.306 e. The van der Waals surface area contributed by atoms with Gasteiger partial charge in [-0.3, -0.25) is 9.69 Å². The van der Waals surface area contributed by atoms with Crippen LogP contribution in [0.2, 0.25) is 0 Å². The minimum absolute atomic E-state index is 0.141. The van der Waals surface area contributed by atoms with Gasteiger partial charge in [-0.05, 0) is 30.0 Å². The fraction of sp³-hybridized carbons (Fsp3) is 0.435. The van der Waals surface area contributed by atoms with Crippen molar-refractivity contribution in [2.24, 2.45) is 5.92 Å². The van der Waals surface area contributed by atoms with Crippen LogP contribution in [0.5, 0.6) is 0 Å². The summed E-state index contributed by atoms with van der Waals surface area (Å²) in [7, 11) is 0. The molecule has 1 heterocycles. The first-order valence-electron chi connectivity index (χ1n) is 9.94. The maximum atomic E-state index is 11.9. The Morgan fingerprint density at radius 3 is 2.44 bits per heavy atom. The molecule has 2 aromatic rings. The van der Waals surface area contributed by atoms with Crippen molar-refractivity contribution in [3.63, 3.8) is 0 Å². The van der Waals surface area contributed by atoms with Gasteiger partial charge in [0.15, 0.2) is 0 Å². The highest BCUT2D eigenvalue weighted by Crippen LogP contribution is 2.25. The topological polar surface area (TPSA) is 41.6 Å². The van der Waals surface area contributed by atoms with Crippen molar-refractivity contribution in [1.82, 2.24) is 4.90 Å². The lowest BCUT2D eigenvalue weighted by Gasteiger charge is -2.39. The summed E-state index contributed by atoms with van der Waals surface area (Å²) in [5.74, 6) is 0.384. The monoisotopic (exact) mass is 366 g/mol. The van der Waals surface area contributed by atoms with Gasteiger partial charge in [0.2, 0.25) is 0 Å². The van der Waals surface area contributed by atoms with E-state index >= 15 is 0 Å². The number of piperidine rings is 1. The van der Waals surface area contributed by atoms with Crippen LogP contribution in [0.15, 0.2) is 60.7 Å². The van der Waals surface area contributed by atoms with E-state index in [0.29, 0.717) is 18.4 Å². The lowest BCUT2D eigenvalue weighted by Crippen LogP contribution is -2.46. The third-order valence-corrected chi connectivity index (χ3v) is 5.27. The Labute approximate surface area is 162 Å². The molecule has 4 nitrogen and oxygen atoms in total. The summed E-state index contributed by atoms with van der Waals surface area (Å²) in [6.07, 6.45) is 1.28. The highest BCUT2D eigenvalue weighted by molar-refractivity contribution is 5.69. The van der Waals surface area contributed by atoms with Gasteiger partial charge < -0.3 is 10.1 Å². The van der Waals surface area contributed by atoms with Crippen molar-refractivity contribution in [2.75, 3.05) is 25.0 Å². The zero-order valence-corrected chi connectivity index (χ0v) is 16.3. The number of carbonyl (C=O) groups is 1. The summed E-state index contributed by atoms with van der Waals surface area (Å²) in [6, 6.07) is 21.0. The maximum Gasteiger partial charge on any atom is 0.306 e. The molecule has 2 aromatic carbocycles. The van der Waals surface area contributed by atoms with Crippen LogP contribution >= 0.6 is 0 Å². The molecule has 0 spiro atoms. The first-order chi connectivity index (χ1) is 13.2. The van der Waals surface area contributed by atoms with E-state index in [1.54, 1.807) is 0 Å². The number of likely N-dealkylation sites (tertiary alicyclic amines) is 1. The lowest BCUT2D eigenvalue weighted by molar-refractivity contribution is -0.150. The van der Waals surface area contributed by atoms with Crippen LogP contribution in [0.4, 0.5) is 5.69 Å². The molecule has 144 valence electrons. The Hall–Kier alpha value is -2.33. The van der Waals surface area contributed by atoms with Gasteiger partial charge in [-0.1, -0.05) is 62.4 Å². The molecule has 1 saturated heterocycles. The molecule has 1 fully saturated rings. The van der Waals surface area contributed by atoms with Crippen LogP contribution in [0.25, 0.3) is 0 Å². The maximum absolute atomic E-state index is 11.9. The van der Waals surface area contributed by atoms with Crippen LogP contribution in [-0.4, -0.2) is 36.5 Å². The molecular formula is C23H30N2O2. The van der Waals surface area contributed by atoms with E-state index < -0.39 is 0 Å². The van der Waals surface area contributed by atoms with E-state index in [4.69, 9.17) is 4.74 Å². The third kappa shape index (κ3) is 5.57. The van der Waals surface area contributed by atoms with Gasteiger partial charge in [0.05, 0.1) is 0 Å². The van der Waals surface area contributed by atoms with E-state index in [2.05, 4.69) is 41.4 Å². The van der Waals surface area contributed by atoms with Gasteiger partial charge in [0.1, 0.15) is 6.10 Å². The Kier molecular flexibility index (Phi) is 6.88. The zero-order chi connectivity index (χ0) is 19.1. The summed E-state index contributed by atoms with van der Waals surface area (Å²) in [4.78, 5) is 14.3. The number of benzene rings is 2. The number of anilines is 1. The van der Waals surface area contributed by atoms with E-state index in [-0.39, 0.29) is 12.1 Å². The van der Waals surface area contributed by atoms with Crippen molar-refractivity contribution in [3.05, 3.63) is 66.2 Å². The molecule has 3 unspecified atom stereocenters. The molecule has 3 rings (SSSR count). The first kappa shape index (κ1) is 19.4. The number of para-hydroxylation sites is 1. The number of nitrogens with one attached hydrogen (secondary N) is 1. The second-order valence-electron chi connectivity index (χ2n) is 7.39. The van der Waals surface area contributed by atoms with Gasteiger partial charge in [-0.15, -0.1) is 0 Å². The van der Waals surface area contributed by atoms with Crippen LogP contribution in [0.3, 0.4) is 0 Å². The fourth-order valence-corrected chi connectivity index (χ4v) is 3.72. The lowest BCUT2D eigenvalue weighted by atomic mass is 9.93. The van der Waals surface area contributed by atoms with Gasteiger partial charge in [0, 0.05) is 37.8 Å². The molecule has 1 aliphatic rings. The molecular weight excluding hydrogens is 336 g/mol. The Morgan fingerprint density at radius 1 is 1.15 bits per heavy atom. The summed E-state index contributed by atoms with van der Waals surface area (Å²) in [6.45, 7) is 6.88. The number of ether oxygens (including phenoxy) is 1. The predicted octanol–water partition coefficient (Wildman–Crippen LogP) is 4.50. The van der Waals surface area contributed by atoms with E-state index in [9.17, 15) is 4.79 Å². The third-order valence-electron chi connectivity index (χ3n) is 5.27. The van der Waals surface area contributed by atoms with Gasteiger partial charge in [-0.25, -0.2) is 0 Å². The summed E-state index contributed by atoms with van der Waals surface area (Å²) in [5.41, 5.74) is 2.25. The molecule has 0 amide bonds. The molecule has 0 aliphatic carbocycles. The number of nitrogens with zero attached hydrogens (tertiary/aromatic N) is 1. The van der Waals surface area contributed by atoms with E-state index in [0.717, 1.165) is 31.6 Å². The van der Waals surface area contributed by atoms with Crippen molar-refractivity contribution < 1.29 is 9.53 Å². The largest absolute Gasteiger partial charge is 0.456 e. The van der Waals surface area contributed by atoms with Gasteiger partial charge in [-0.2, -0.15) is 0 Å². The van der Waals surface area contributed by atoms with E-state index in [1.165, 1.54) is 5.69 Å². The normalized spacial score (nSPS) is 21.4. The Balaban J connectivity index is 1.60. The molecule has 0 radical (unpaired) electrons. The molecule has 1 N–H and O–H groups in total.